The van der Waals surface area contributed by atoms with Crippen molar-refractivity contribution in [2.45, 2.75) is 11.8 Å². The minimum absolute atomic E-state index is 0.0344. The fraction of sp³-hybridized carbons (Fsp3) is 0.111. The lowest BCUT2D eigenvalue weighted by molar-refractivity contribution is -0.112. The van der Waals surface area contributed by atoms with Crippen molar-refractivity contribution in [1.29, 1.82) is 5.26 Å². The van der Waals surface area contributed by atoms with Gasteiger partial charge in [0.2, 0.25) is 0 Å². The Bertz CT molecular complexity index is 957. The third kappa shape index (κ3) is 4.84. The Morgan fingerprint density at radius 3 is 2.27 bits per heavy atom. The molecule has 26 heavy (non-hydrogen) atoms. The van der Waals surface area contributed by atoms with Gasteiger partial charge in [-0.15, -0.1) is 0 Å². The van der Waals surface area contributed by atoms with Crippen LogP contribution in [-0.4, -0.2) is 21.4 Å². The molecule has 0 heterocycles. The predicted molar refractivity (Wildman–Crippen MR) is 96.8 cm³/mol. The third-order valence-electron chi connectivity index (χ3n) is 3.40. The second-order valence-electron chi connectivity index (χ2n) is 5.29. The van der Waals surface area contributed by atoms with Gasteiger partial charge in [0.15, 0.2) is 0 Å². The molecule has 0 aromatic heterocycles. The summed E-state index contributed by atoms with van der Waals surface area (Å²) in [4.78, 5) is 12.2. The number of carbonyl (C=O) groups is 1. The Hall–Kier alpha value is -3.31. The summed E-state index contributed by atoms with van der Waals surface area (Å²) in [5.41, 5.74) is 0.978. The van der Waals surface area contributed by atoms with Crippen molar-refractivity contribution >= 4 is 21.6 Å². The minimum Gasteiger partial charge on any atom is -0.497 e. The molecule has 0 aliphatic heterocycles. The fourth-order valence-corrected chi connectivity index (χ4v) is 2.85. The minimum atomic E-state index is -3.87. The molecule has 8 heteroatoms. The Morgan fingerprint density at radius 2 is 1.73 bits per heavy atom. The van der Waals surface area contributed by atoms with Crippen LogP contribution < -0.4 is 14.8 Å². The number of hydrogen-bond donors (Lipinski definition) is 2. The second kappa shape index (κ2) is 8.18. The molecule has 0 spiro atoms. The number of hydrogen-bond acceptors (Lipinski definition) is 5. The average Bonchev–Trinajstić information content (AvgIpc) is 2.63. The van der Waals surface area contributed by atoms with Crippen LogP contribution in [0.25, 0.3) is 0 Å². The number of nitrogens with zero attached hydrogens (tertiary/aromatic N) is 1. The summed E-state index contributed by atoms with van der Waals surface area (Å²) in [7, 11) is -2.35. The van der Waals surface area contributed by atoms with Gasteiger partial charge in [0.05, 0.1) is 12.0 Å². The predicted octanol–water partition coefficient (Wildman–Crippen LogP) is 2.33. The molecule has 134 valence electrons. The highest BCUT2D eigenvalue weighted by Gasteiger charge is 2.15. The Morgan fingerprint density at radius 1 is 1.12 bits per heavy atom. The fourth-order valence-electron chi connectivity index (χ4n) is 1.94. The number of aryl methyl sites for hydroxylation is 1. The summed E-state index contributed by atoms with van der Waals surface area (Å²) in [6.45, 7) is 1.83. The molecule has 0 aliphatic rings. The summed E-state index contributed by atoms with van der Waals surface area (Å²) in [5.74, 6) is -0.117. The molecule has 0 saturated heterocycles. The normalized spacial score (nSPS) is 11.3. The number of amides is 1. The summed E-state index contributed by atoms with van der Waals surface area (Å²) >= 11 is 0. The van der Waals surface area contributed by atoms with Gasteiger partial charge in [-0.3, -0.25) is 9.52 Å². The van der Waals surface area contributed by atoms with Crippen LogP contribution in [0.5, 0.6) is 5.75 Å². The molecule has 0 radical (unpaired) electrons. The van der Waals surface area contributed by atoms with Gasteiger partial charge >= 0.3 is 0 Å². The smallest absolute Gasteiger partial charge is 0.267 e. The van der Waals surface area contributed by atoms with Crippen molar-refractivity contribution in [2.24, 2.45) is 0 Å². The lowest BCUT2D eigenvalue weighted by Gasteiger charge is -2.07. The van der Waals surface area contributed by atoms with Crippen LogP contribution in [0.4, 0.5) is 5.69 Å². The van der Waals surface area contributed by atoms with E-state index in [-0.39, 0.29) is 10.5 Å². The highest BCUT2D eigenvalue weighted by molar-refractivity contribution is 7.89. The van der Waals surface area contributed by atoms with Crippen LogP contribution >= 0.6 is 0 Å². The molecular formula is C18H17N3O4S. The Kier molecular flexibility index (Phi) is 5.98. The van der Waals surface area contributed by atoms with E-state index in [2.05, 4.69) is 10.0 Å². The molecule has 7 nitrogen and oxygen atoms in total. The molecule has 0 unspecified atom stereocenters. The molecule has 0 fully saturated rings. The van der Waals surface area contributed by atoms with Crippen LogP contribution in [0.3, 0.4) is 0 Å². The highest BCUT2D eigenvalue weighted by Crippen LogP contribution is 2.16. The Balaban J connectivity index is 2.12. The second-order valence-corrected chi connectivity index (χ2v) is 7.00. The number of sulfonamides is 1. The molecule has 0 atom stereocenters. The highest BCUT2D eigenvalue weighted by atomic mass is 32.2. The standard InChI is InChI=1S/C18H17N3O4S/c1-13-3-9-17(10-4-13)26(23,24)20-12-14(11-19)18(22)21-15-5-7-16(25-2)8-6-15/h3-10,12,20H,1-2H3,(H,21,22). The van der Waals surface area contributed by atoms with E-state index in [1.165, 1.54) is 19.2 Å². The molecule has 2 N–H and O–H groups in total. The molecule has 2 aromatic rings. The number of rotatable bonds is 6. The zero-order chi connectivity index (χ0) is 19.2. The number of carbonyl (C=O) groups excluding carboxylic acids is 1. The molecule has 1 amide bonds. The first-order valence-electron chi connectivity index (χ1n) is 7.50. The first-order chi connectivity index (χ1) is 12.4. The van der Waals surface area contributed by atoms with E-state index in [9.17, 15) is 13.2 Å². The Labute approximate surface area is 152 Å². The van der Waals surface area contributed by atoms with Crippen LogP contribution in [-0.2, 0) is 14.8 Å². The monoisotopic (exact) mass is 371 g/mol. The lowest BCUT2D eigenvalue weighted by atomic mass is 10.2. The quantitative estimate of drug-likeness (QED) is 0.598. The largest absolute Gasteiger partial charge is 0.497 e. The van der Waals surface area contributed by atoms with Gasteiger partial charge in [-0.05, 0) is 43.3 Å². The van der Waals surface area contributed by atoms with Crippen molar-refractivity contribution < 1.29 is 17.9 Å². The van der Waals surface area contributed by atoms with E-state index in [4.69, 9.17) is 10.00 Å². The zero-order valence-corrected chi connectivity index (χ0v) is 15.0. The number of methoxy groups -OCH3 is 1. The van der Waals surface area contributed by atoms with Crippen molar-refractivity contribution in [3.05, 3.63) is 65.9 Å². The SMILES string of the molecule is COc1ccc(NC(=O)C(C#N)=CNS(=O)(=O)c2ccc(C)cc2)cc1. The molecular weight excluding hydrogens is 354 g/mol. The first-order valence-corrected chi connectivity index (χ1v) is 8.98. The van der Waals surface area contributed by atoms with Crippen molar-refractivity contribution in [1.82, 2.24) is 4.72 Å². The van der Waals surface area contributed by atoms with Gasteiger partial charge in [-0.2, -0.15) is 5.26 Å². The van der Waals surface area contributed by atoms with Gasteiger partial charge < -0.3 is 10.1 Å². The van der Waals surface area contributed by atoms with Crippen molar-refractivity contribution in [3.8, 4) is 11.8 Å². The van der Waals surface area contributed by atoms with E-state index < -0.39 is 15.9 Å². The van der Waals surface area contributed by atoms with Crippen LogP contribution in [0.15, 0.2) is 65.2 Å². The zero-order valence-electron chi connectivity index (χ0n) is 14.2. The average molecular weight is 371 g/mol. The molecule has 2 rings (SSSR count). The van der Waals surface area contributed by atoms with E-state index in [0.717, 1.165) is 11.8 Å². The van der Waals surface area contributed by atoms with E-state index >= 15 is 0 Å². The van der Waals surface area contributed by atoms with Crippen molar-refractivity contribution in [3.63, 3.8) is 0 Å². The van der Waals surface area contributed by atoms with Gasteiger partial charge in [-0.1, -0.05) is 17.7 Å². The van der Waals surface area contributed by atoms with E-state index in [1.54, 1.807) is 42.5 Å². The maximum atomic E-state index is 12.2. The maximum Gasteiger partial charge on any atom is 0.267 e. The van der Waals surface area contributed by atoms with Crippen LogP contribution in [0, 0.1) is 18.3 Å². The lowest BCUT2D eigenvalue weighted by Crippen LogP contribution is -2.21. The summed E-state index contributed by atoms with van der Waals surface area (Å²) < 4.78 is 31.6. The van der Waals surface area contributed by atoms with E-state index in [1.807, 2.05) is 6.92 Å². The van der Waals surface area contributed by atoms with Gasteiger partial charge in [0, 0.05) is 11.9 Å². The van der Waals surface area contributed by atoms with E-state index in [0.29, 0.717) is 11.4 Å². The van der Waals surface area contributed by atoms with Crippen molar-refractivity contribution in [2.75, 3.05) is 12.4 Å². The third-order valence-corrected chi connectivity index (χ3v) is 4.72. The molecule has 2 aromatic carbocycles. The summed E-state index contributed by atoms with van der Waals surface area (Å²) in [6.07, 6.45) is 0.869. The first kappa shape index (κ1) is 19.0. The number of anilines is 1. The summed E-state index contributed by atoms with van der Waals surface area (Å²) in [6, 6.07) is 14.3. The number of nitriles is 1. The number of benzene rings is 2. The summed E-state index contributed by atoms with van der Waals surface area (Å²) in [5, 5.41) is 11.6. The molecule has 0 saturated carbocycles. The molecule has 0 bridgehead atoms. The van der Waals surface area contributed by atoms with Crippen LogP contribution in [0.1, 0.15) is 5.56 Å². The topological polar surface area (TPSA) is 108 Å². The molecule has 0 aliphatic carbocycles. The number of nitrogens with one attached hydrogen (secondary N) is 2. The van der Waals surface area contributed by atoms with Gasteiger partial charge in [0.1, 0.15) is 17.4 Å². The van der Waals surface area contributed by atoms with Gasteiger partial charge in [0.25, 0.3) is 15.9 Å². The number of ether oxygens (including phenoxy) is 1. The van der Waals surface area contributed by atoms with Gasteiger partial charge in [-0.25, -0.2) is 8.42 Å². The maximum absolute atomic E-state index is 12.2. The van der Waals surface area contributed by atoms with Crippen LogP contribution in [0.2, 0.25) is 0 Å².